The largest absolute Gasteiger partial charge is 0.478 e. The maximum atomic E-state index is 10.8. The number of rotatable bonds is 3. The van der Waals surface area contributed by atoms with Gasteiger partial charge in [-0.05, 0) is 41.5 Å². The molecule has 20 heavy (non-hydrogen) atoms. The predicted octanol–water partition coefficient (Wildman–Crippen LogP) is 4.10. The first-order valence-corrected chi connectivity index (χ1v) is 6.19. The Morgan fingerprint density at radius 3 is 2.10 bits per heavy atom. The molecular formula is C16H10ClNO2. The minimum absolute atomic E-state index is 0.215. The van der Waals surface area contributed by atoms with Gasteiger partial charge in [-0.25, -0.2) is 4.79 Å². The van der Waals surface area contributed by atoms with Gasteiger partial charge in [0.05, 0.1) is 17.2 Å². The molecule has 2 aromatic carbocycles. The fraction of sp³-hybridized carbons (Fsp3) is 0. The van der Waals surface area contributed by atoms with Crippen molar-refractivity contribution in [1.82, 2.24) is 0 Å². The fourth-order valence-corrected chi connectivity index (χ4v) is 1.82. The first-order valence-electron chi connectivity index (χ1n) is 5.81. The average molecular weight is 284 g/mol. The summed E-state index contributed by atoms with van der Waals surface area (Å²) in [4.78, 5) is 10.8. The zero-order valence-corrected chi connectivity index (χ0v) is 11.1. The summed E-state index contributed by atoms with van der Waals surface area (Å²) >= 11 is 5.81. The molecule has 0 atom stereocenters. The summed E-state index contributed by atoms with van der Waals surface area (Å²) in [5.41, 5.74) is 2.23. The van der Waals surface area contributed by atoms with Crippen LogP contribution in [0.2, 0.25) is 5.02 Å². The highest BCUT2D eigenvalue weighted by molar-refractivity contribution is 6.30. The van der Waals surface area contributed by atoms with Gasteiger partial charge in [0.1, 0.15) is 0 Å². The molecule has 0 bridgehead atoms. The van der Waals surface area contributed by atoms with E-state index in [1.165, 1.54) is 12.1 Å². The van der Waals surface area contributed by atoms with Crippen molar-refractivity contribution < 1.29 is 9.90 Å². The number of allylic oxidation sites excluding steroid dienone is 1. The molecule has 3 nitrogen and oxygen atoms in total. The molecule has 0 saturated heterocycles. The Kier molecular flexibility index (Phi) is 4.19. The SMILES string of the molecule is N#C/C(=C\c1ccc(C(=O)O)cc1)c1ccc(Cl)cc1. The maximum Gasteiger partial charge on any atom is 0.335 e. The van der Waals surface area contributed by atoms with Crippen LogP contribution in [0.4, 0.5) is 0 Å². The second-order valence-electron chi connectivity index (χ2n) is 4.10. The summed E-state index contributed by atoms with van der Waals surface area (Å²) in [5, 5.41) is 18.6. The summed E-state index contributed by atoms with van der Waals surface area (Å²) in [6.45, 7) is 0. The van der Waals surface area contributed by atoms with Crippen LogP contribution in [0.1, 0.15) is 21.5 Å². The van der Waals surface area contributed by atoms with Crippen LogP contribution in [-0.2, 0) is 0 Å². The zero-order valence-electron chi connectivity index (χ0n) is 10.4. The zero-order chi connectivity index (χ0) is 14.5. The maximum absolute atomic E-state index is 10.8. The summed E-state index contributed by atoms with van der Waals surface area (Å²) in [6, 6.07) is 15.4. The van der Waals surface area contributed by atoms with Gasteiger partial charge in [-0.2, -0.15) is 5.26 Å². The Hall–Kier alpha value is -2.57. The smallest absolute Gasteiger partial charge is 0.335 e. The minimum Gasteiger partial charge on any atom is -0.478 e. The van der Waals surface area contributed by atoms with Crippen molar-refractivity contribution in [1.29, 1.82) is 5.26 Å². The van der Waals surface area contributed by atoms with Crippen LogP contribution >= 0.6 is 11.6 Å². The number of hydrogen-bond donors (Lipinski definition) is 1. The lowest BCUT2D eigenvalue weighted by Gasteiger charge is -2.01. The van der Waals surface area contributed by atoms with E-state index in [2.05, 4.69) is 6.07 Å². The van der Waals surface area contributed by atoms with Crippen molar-refractivity contribution in [3.8, 4) is 6.07 Å². The van der Waals surface area contributed by atoms with Gasteiger partial charge >= 0.3 is 5.97 Å². The van der Waals surface area contributed by atoms with Crippen LogP contribution < -0.4 is 0 Å². The molecule has 4 heteroatoms. The molecule has 0 spiro atoms. The molecule has 1 N–H and O–H groups in total. The molecule has 0 radical (unpaired) electrons. The fourth-order valence-electron chi connectivity index (χ4n) is 1.70. The van der Waals surface area contributed by atoms with Crippen LogP contribution in [0, 0.1) is 11.3 Å². The van der Waals surface area contributed by atoms with E-state index in [4.69, 9.17) is 16.7 Å². The summed E-state index contributed by atoms with van der Waals surface area (Å²) in [5.74, 6) is -0.973. The predicted molar refractivity (Wildman–Crippen MR) is 78.3 cm³/mol. The van der Waals surface area contributed by atoms with Gasteiger partial charge in [0.2, 0.25) is 0 Å². The Morgan fingerprint density at radius 1 is 1.05 bits per heavy atom. The molecule has 0 aliphatic rings. The summed E-state index contributed by atoms with van der Waals surface area (Å²) in [6.07, 6.45) is 1.70. The molecule has 0 unspecified atom stereocenters. The Labute approximate surface area is 121 Å². The number of carboxylic acids is 1. The molecule has 98 valence electrons. The highest BCUT2D eigenvalue weighted by atomic mass is 35.5. The van der Waals surface area contributed by atoms with Crippen LogP contribution in [0.15, 0.2) is 48.5 Å². The van der Waals surface area contributed by atoms with E-state index in [1.54, 1.807) is 42.5 Å². The topological polar surface area (TPSA) is 61.1 Å². The first kappa shape index (κ1) is 13.9. The van der Waals surface area contributed by atoms with Gasteiger partial charge in [0.25, 0.3) is 0 Å². The van der Waals surface area contributed by atoms with Gasteiger partial charge in [-0.3, -0.25) is 0 Å². The number of nitrogens with zero attached hydrogens (tertiary/aromatic N) is 1. The minimum atomic E-state index is -0.973. The van der Waals surface area contributed by atoms with E-state index < -0.39 is 5.97 Å². The number of carboxylic acid groups (broad SMARTS) is 1. The number of carbonyl (C=O) groups is 1. The molecule has 0 fully saturated rings. The van der Waals surface area contributed by atoms with Crippen molar-refractivity contribution in [2.45, 2.75) is 0 Å². The van der Waals surface area contributed by atoms with E-state index in [0.29, 0.717) is 10.6 Å². The van der Waals surface area contributed by atoms with E-state index >= 15 is 0 Å². The normalized spacial score (nSPS) is 10.9. The first-order chi connectivity index (χ1) is 9.60. The van der Waals surface area contributed by atoms with Crippen LogP contribution in [0.25, 0.3) is 11.6 Å². The molecular weight excluding hydrogens is 274 g/mol. The Balaban J connectivity index is 2.34. The second-order valence-corrected chi connectivity index (χ2v) is 4.54. The molecule has 0 aromatic heterocycles. The quantitative estimate of drug-likeness (QED) is 0.681. The van der Waals surface area contributed by atoms with E-state index in [9.17, 15) is 10.1 Å². The third-order valence-corrected chi connectivity index (χ3v) is 3.00. The monoisotopic (exact) mass is 283 g/mol. The number of hydrogen-bond acceptors (Lipinski definition) is 2. The van der Waals surface area contributed by atoms with Gasteiger partial charge in [0, 0.05) is 5.02 Å². The summed E-state index contributed by atoms with van der Waals surface area (Å²) < 4.78 is 0. The van der Waals surface area contributed by atoms with Crippen molar-refractivity contribution in [3.05, 3.63) is 70.2 Å². The van der Waals surface area contributed by atoms with E-state index in [1.807, 2.05) is 0 Å². The second kappa shape index (κ2) is 6.05. The number of benzene rings is 2. The lowest BCUT2D eigenvalue weighted by Crippen LogP contribution is -1.94. The van der Waals surface area contributed by atoms with Crippen LogP contribution in [-0.4, -0.2) is 11.1 Å². The van der Waals surface area contributed by atoms with Crippen molar-refractivity contribution in [3.63, 3.8) is 0 Å². The molecule has 2 aromatic rings. The Bertz CT molecular complexity index is 695. The van der Waals surface area contributed by atoms with Gasteiger partial charge in [0.15, 0.2) is 0 Å². The molecule has 0 heterocycles. The number of nitriles is 1. The molecule has 0 amide bonds. The van der Waals surface area contributed by atoms with Crippen molar-refractivity contribution >= 4 is 29.2 Å². The average Bonchev–Trinajstić information content (AvgIpc) is 2.46. The lowest BCUT2D eigenvalue weighted by atomic mass is 10.0. The third-order valence-electron chi connectivity index (χ3n) is 2.74. The van der Waals surface area contributed by atoms with Crippen LogP contribution in [0.3, 0.4) is 0 Å². The molecule has 0 aliphatic heterocycles. The van der Waals surface area contributed by atoms with Crippen LogP contribution in [0.5, 0.6) is 0 Å². The molecule has 2 rings (SSSR count). The highest BCUT2D eigenvalue weighted by Crippen LogP contribution is 2.20. The van der Waals surface area contributed by atoms with E-state index in [-0.39, 0.29) is 5.56 Å². The summed E-state index contributed by atoms with van der Waals surface area (Å²) in [7, 11) is 0. The van der Waals surface area contributed by atoms with E-state index in [0.717, 1.165) is 11.1 Å². The number of halogens is 1. The third kappa shape index (κ3) is 3.25. The van der Waals surface area contributed by atoms with Gasteiger partial charge < -0.3 is 5.11 Å². The van der Waals surface area contributed by atoms with Crippen molar-refractivity contribution in [2.75, 3.05) is 0 Å². The van der Waals surface area contributed by atoms with Gasteiger partial charge in [-0.1, -0.05) is 35.9 Å². The highest BCUT2D eigenvalue weighted by Gasteiger charge is 2.03. The Morgan fingerprint density at radius 2 is 1.60 bits per heavy atom. The van der Waals surface area contributed by atoms with Crippen molar-refractivity contribution in [2.24, 2.45) is 0 Å². The van der Waals surface area contributed by atoms with Gasteiger partial charge in [-0.15, -0.1) is 0 Å². The lowest BCUT2D eigenvalue weighted by molar-refractivity contribution is 0.0697. The molecule has 0 aliphatic carbocycles. The molecule has 0 saturated carbocycles. The number of aromatic carboxylic acids is 1. The standard InChI is InChI=1S/C16H10ClNO2/c17-15-7-5-12(6-8-15)14(10-18)9-11-1-3-13(4-2-11)16(19)20/h1-9H,(H,19,20)/b14-9+.